The fourth-order valence-electron chi connectivity index (χ4n) is 6.16. The number of allylic oxidation sites excluding steroid dienone is 4. The van der Waals surface area contributed by atoms with Gasteiger partial charge in [0.05, 0.1) is 22.4 Å². The molecule has 1 aliphatic heterocycles. The first-order valence-corrected chi connectivity index (χ1v) is 17.7. The number of ether oxygens (including phenoxy) is 2. The van der Waals surface area contributed by atoms with Gasteiger partial charge in [0.1, 0.15) is 29.3 Å². The van der Waals surface area contributed by atoms with E-state index in [9.17, 15) is 24.0 Å². The number of rotatable bonds is 12. The van der Waals surface area contributed by atoms with Gasteiger partial charge in [-0.1, -0.05) is 61.9 Å². The number of halogens is 1. The third-order valence-corrected chi connectivity index (χ3v) is 9.68. The minimum atomic E-state index is -0.515. The summed E-state index contributed by atoms with van der Waals surface area (Å²) in [5.41, 5.74) is 3.77. The first-order chi connectivity index (χ1) is 26.3. The number of amides is 3. The van der Waals surface area contributed by atoms with Crippen molar-refractivity contribution in [2.24, 2.45) is 0 Å². The summed E-state index contributed by atoms with van der Waals surface area (Å²) in [6.45, 7) is 7.79. The van der Waals surface area contributed by atoms with E-state index in [1.165, 1.54) is 29.2 Å². The lowest BCUT2D eigenvalue weighted by Gasteiger charge is -2.26. The number of anilines is 2. The Kier molecular flexibility index (Phi) is 11.0. The molecule has 0 bridgehead atoms. The monoisotopic (exact) mass is 752 g/mol. The van der Waals surface area contributed by atoms with E-state index in [-0.39, 0.29) is 33.4 Å². The third-order valence-electron chi connectivity index (χ3n) is 9.44. The maximum atomic E-state index is 13.9. The maximum Gasteiger partial charge on any atom is 0.266 e. The first-order valence-electron chi connectivity index (χ1n) is 17.3. The van der Waals surface area contributed by atoms with Gasteiger partial charge in [-0.3, -0.25) is 24.0 Å². The van der Waals surface area contributed by atoms with Crippen LogP contribution in [0.2, 0.25) is 5.02 Å². The maximum absolute atomic E-state index is 13.9. The number of benzene rings is 5. The van der Waals surface area contributed by atoms with Gasteiger partial charge in [-0.15, -0.1) is 0 Å². The summed E-state index contributed by atoms with van der Waals surface area (Å²) in [5, 5.41) is 0.338. The van der Waals surface area contributed by atoms with Crippen LogP contribution in [-0.2, 0) is 10.2 Å². The predicted molar refractivity (Wildman–Crippen MR) is 213 cm³/mol. The van der Waals surface area contributed by atoms with E-state index in [0.717, 1.165) is 22.3 Å². The largest absolute Gasteiger partial charge is 0.462 e. The van der Waals surface area contributed by atoms with Gasteiger partial charge >= 0.3 is 0 Å². The number of imide groups is 1. The van der Waals surface area contributed by atoms with Crippen LogP contribution in [0.4, 0.5) is 11.4 Å². The van der Waals surface area contributed by atoms with E-state index >= 15 is 0 Å². The molecule has 0 unspecified atom stereocenters. The lowest BCUT2D eigenvalue weighted by atomic mass is 9.78. The lowest BCUT2D eigenvalue weighted by Crippen LogP contribution is -2.30. The molecule has 55 heavy (non-hydrogen) atoms. The van der Waals surface area contributed by atoms with Gasteiger partial charge in [0.15, 0.2) is 6.29 Å². The smallest absolute Gasteiger partial charge is 0.266 e. The molecule has 0 aliphatic carbocycles. The second-order valence-corrected chi connectivity index (χ2v) is 14.0. The summed E-state index contributed by atoms with van der Waals surface area (Å²) < 4.78 is 12.0. The molecule has 5 aromatic rings. The Labute approximate surface area is 324 Å². The molecule has 0 radical (unpaired) electrons. The molecule has 5 aromatic carbocycles. The number of carbonyl (C=O) groups excluding carboxylic acids is 5. The number of nitrogens with zero attached hydrogens (tertiary/aromatic N) is 2. The van der Waals surface area contributed by atoms with Crippen LogP contribution in [-0.4, -0.2) is 37.3 Å². The summed E-state index contributed by atoms with van der Waals surface area (Å²) in [5.74, 6) is 0.719. The van der Waals surface area contributed by atoms with E-state index in [0.29, 0.717) is 45.6 Å². The minimum Gasteiger partial charge on any atom is -0.462 e. The topological polar surface area (TPSA) is 110 Å². The molecular formula is C45H37ClN2O7. The Morgan fingerprint density at radius 2 is 1.38 bits per heavy atom. The number of hydrogen-bond acceptors (Lipinski definition) is 7. The Bertz CT molecular complexity index is 2400. The Morgan fingerprint density at radius 3 is 2.04 bits per heavy atom. The fraction of sp³-hybridized carbons (Fsp3) is 0.133. The summed E-state index contributed by atoms with van der Waals surface area (Å²) >= 11 is 6.07. The molecule has 0 N–H and O–H groups in total. The van der Waals surface area contributed by atoms with Crippen molar-refractivity contribution in [3.05, 3.63) is 171 Å². The molecule has 0 atom stereocenters. The average Bonchev–Trinajstić information content (AvgIpc) is 3.44. The summed E-state index contributed by atoms with van der Waals surface area (Å²) in [6.07, 6.45) is 4.85. The van der Waals surface area contributed by atoms with Gasteiger partial charge in [0.25, 0.3) is 17.7 Å². The summed E-state index contributed by atoms with van der Waals surface area (Å²) in [7, 11) is 1.54. The van der Waals surface area contributed by atoms with Crippen LogP contribution in [0.1, 0.15) is 80.3 Å². The van der Waals surface area contributed by atoms with Crippen molar-refractivity contribution in [2.45, 2.75) is 33.1 Å². The van der Waals surface area contributed by atoms with Crippen LogP contribution in [0.3, 0.4) is 0 Å². The zero-order valence-corrected chi connectivity index (χ0v) is 31.6. The van der Waals surface area contributed by atoms with E-state index in [1.807, 2.05) is 55.5 Å². The van der Waals surface area contributed by atoms with Gasteiger partial charge in [0.2, 0.25) is 0 Å². The number of fused-ring (bicyclic) bond motifs is 1. The van der Waals surface area contributed by atoms with Crippen LogP contribution in [0.15, 0.2) is 133 Å². The fourth-order valence-corrected chi connectivity index (χ4v) is 6.34. The van der Waals surface area contributed by atoms with E-state index in [4.69, 9.17) is 21.1 Å². The second kappa shape index (κ2) is 15.8. The van der Waals surface area contributed by atoms with Crippen LogP contribution < -0.4 is 19.3 Å². The normalized spacial score (nSPS) is 13.0. The van der Waals surface area contributed by atoms with E-state index < -0.39 is 17.7 Å². The van der Waals surface area contributed by atoms with Crippen molar-refractivity contribution in [1.29, 1.82) is 0 Å². The van der Waals surface area contributed by atoms with Crippen LogP contribution in [0.5, 0.6) is 17.2 Å². The zero-order valence-electron chi connectivity index (χ0n) is 30.8. The second-order valence-electron chi connectivity index (χ2n) is 13.6. The molecule has 0 aromatic heterocycles. The molecule has 0 saturated carbocycles. The Hall–Kier alpha value is -6.58. The average molecular weight is 753 g/mol. The molecule has 0 saturated heterocycles. The van der Waals surface area contributed by atoms with Crippen LogP contribution in [0.25, 0.3) is 0 Å². The number of hydrogen-bond donors (Lipinski definition) is 0. The van der Waals surface area contributed by atoms with Gasteiger partial charge < -0.3 is 14.4 Å². The van der Waals surface area contributed by atoms with Crippen molar-refractivity contribution in [3.63, 3.8) is 0 Å². The minimum absolute atomic E-state index is 0.110. The quantitative estimate of drug-likeness (QED) is 0.0410. The highest BCUT2D eigenvalue weighted by Crippen LogP contribution is 2.36. The van der Waals surface area contributed by atoms with E-state index in [2.05, 4.69) is 13.8 Å². The molecule has 10 heteroatoms. The molecule has 3 amide bonds. The Balaban J connectivity index is 1.16. The molecule has 1 heterocycles. The highest BCUT2D eigenvalue weighted by Gasteiger charge is 2.37. The molecular weight excluding hydrogens is 716 g/mol. The van der Waals surface area contributed by atoms with Gasteiger partial charge in [-0.2, -0.15) is 0 Å². The van der Waals surface area contributed by atoms with Crippen molar-refractivity contribution in [2.75, 3.05) is 16.8 Å². The molecule has 6 rings (SSSR count). The molecule has 276 valence electrons. The summed E-state index contributed by atoms with van der Waals surface area (Å²) in [6, 6.07) is 31.1. The van der Waals surface area contributed by atoms with Crippen molar-refractivity contribution in [1.82, 2.24) is 0 Å². The van der Waals surface area contributed by atoms with Crippen LogP contribution >= 0.6 is 11.6 Å². The Morgan fingerprint density at radius 1 is 0.745 bits per heavy atom. The van der Waals surface area contributed by atoms with E-state index in [1.54, 1.807) is 62.5 Å². The van der Waals surface area contributed by atoms with Gasteiger partial charge in [-0.25, -0.2) is 4.90 Å². The van der Waals surface area contributed by atoms with Crippen molar-refractivity contribution in [3.8, 4) is 17.2 Å². The third kappa shape index (κ3) is 8.02. The first kappa shape index (κ1) is 38.2. The SMILES string of the molecule is C/C(C=O)=C\C=C(/C)Oc1ccc(C(C)(C)c2ccc(Oc3ccc(C=O)c(C(=O)N(C)c4cccc(N5C(=O)c6ccc(Cl)cc6C5=O)c4)c3)cc2)cc1. The molecule has 1 aliphatic rings. The number of carbonyl (C=O) groups is 5. The van der Waals surface area contributed by atoms with Crippen molar-refractivity contribution < 1.29 is 33.4 Å². The van der Waals surface area contributed by atoms with Crippen molar-refractivity contribution >= 4 is 53.3 Å². The molecule has 0 spiro atoms. The van der Waals surface area contributed by atoms with Gasteiger partial charge in [-0.05, 0) is 115 Å². The lowest BCUT2D eigenvalue weighted by molar-refractivity contribution is -0.104. The highest BCUT2D eigenvalue weighted by molar-refractivity contribution is 6.36. The standard InChI is InChI=1S/C45H37ClN2O7/c1-28(26-49)9-10-29(2)54-36-18-12-31(13-19-36)45(3,4)32-14-20-37(21-15-32)55-38-17-11-30(27-50)40(25-38)42(51)47(5)34-7-6-8-35(24-34)48-43(52)39-22-16-33(46)23-41(39)44(48)53/h6-27H,1-5H3/b28-9+,29-10+. The van der Waals surface area contributed by atoms with Gasteiger partial charge in [0, 0.05) is 28.7 Å². The number of aldehydes is 2. The molecule has 9 nitrogen and oxygen atoms in total. The molecule has 0 fully saturated rings. The zero-order chi connectivity index (χ0) is 39.4. The van der Waals surface area contributed by atoms with Crippen LogP contribution in [0, 0.1) is 0 Å². The highest BCUT2D eigenvalue weighted by atomic mass is 35.5. The predicted octanol–water partition coefficient (Wildman–Crippen LogP) is 9.78. The summed E-state index contributed by atoms with van der Waals surface area (Å²) in [4.78, 5) is 65.5.